The van der Waals surface area contributed by atoms with Gasteiger partial charge in [-0.15, -0.1) is 12.4 Å². The number of primary amides is 1. The summed E-state index contributed by atoms with van der Waals surface area (Å²) in [4.78, 5) is 24.5. The number of aromatic nitrogens is 3. The van der Waals surface area contributed by atoms with Gasteiger partial charge in [-0.25, -0.2) is 9.97 Å². The zero-order valence-electron chi connectivity index (χ0n) is 16.9. The fraction of sp³-hybridized carbons (Fsp3) is 0.0435. The first-order valence-corrected chi connectivity index (χ1v) is 9.44. The molecule has 3 N–H and O–H groups in total. The summed E-state index contributed by atoms with van der Waals surface area (Å²) in [5, 5.41) is 2.68. The Balaban J connectivity index is 0.00000306. The van der Waals surface area contributed by atoms with Crippen LogP contribution in [0.2, 0.25) is 0 Å². The van der Waals surface area contributed by atoms with Crippen molar-refractivity contribution in [2.45, 2.75) is 6.18 Å². The molecule has 2 heterocycles. The Labute approximate surface area is 193 Å². The number of nitrogens with two attached hydrogens (primary N) is 1. The number of hydrogen-bond donors (Lipinski definition) is 2. The SMILES string of the molecule is Cl.NC(=O)c1ccc(C(F)(F)F)c(Nc2nccc(-c3cccnc3)n2)c1-c1ccccc1. The van der Waals surface area contributed by atoms with Crippen molar-refractivity contribution < 1.29 is 18.0 Å². The third kappa shape index (κ3) is 5.09. The standard InChI is InChI=1S/C23H16F3N5O.ClH/c24-23(25,26)17-9-8-16(21(27)32)19(14-5-2-1-3-6-14)20(17)31-22-29-12-10-18(30-22)15-7-4-11-28-13-15;/h1-13H,(H2,27,32)(H,29,30,31);1H. The van der Waals surface area contributed by atoms with Gasteiger partial charge in [0.05, 0.1) is 16.9 Å². The van der Waals surface area contributed by atoms with Crippen LogP contribution in [0.5, 0.6) is 0 Å². The van der Waals surface area contributed by atoms with Crippen LogP contribution in [0.4, 0.5) is 24.8 Å². The Hall–Kier alpha value is -3.98. The van der Waals surface area contributed by atoms with Crippen molar-refractivity contribution >= 4 is 29.9 Å². The smallest absolute Gasteiger partial charge is 0.366 e. The number of nitrogens with zero attached hydrogens (tertiary/aromatic N) is 3. The molecule has 168 valence electrons. The molecule has 0 aliphatic carbocycles. The Bertz CT molecular complexity index is 1270. The lowest BCUT2D eigenvalue weighted by atomic mass is 9.93. The molecule has 0 saturated carbocycles. The summed E-state index contributed by atoms with van der Waals surface area (Å²) in [7, 11) is 0. The molecule has 0 aliphatic heterocycles. The molecule has 33 heavy (non-hydrogen) atoms. The van der Waals surface area contributed by atoms with Gasteiger partial charge < -0.3 is 11.1 Å². The van der Waals surface area contributed by atoms with E-state index in [-0.39, 0.29) is 35.2 Å². The number of hydrogen-bond acceptors (Lipinski definition) is 5. The van der Waals surface area contributed by atoms with E-state index in [9.17, 15) is 18.0 Å². The zero-order valence-corrected chi connectivity index (χ0v) is 17.7. The first-order chi connectivity index (χ1) is 15.3. The lowest BCUT2D eigenvalue weighted by Crippen LogP contribution is -2.17. The van der Waals surface area contributed by atoms with E-state index in [1.54, 1.807) is 60.9 Å². The van der Waals surface area contributed by atoms with Crippen molar-refractivity contribution in [3.63, 3.8) is 0 Å². The molecular formula is C23H17ClF3N5O. The minimum atomic E-state index is -4.71. The molecular weight excluding hydrogens is 455 g/mol. The zero-order chi connectivity index (χ0) is 22.7. The molecule has 0 spiro atoms. The minimum absolute atomic E-state index is 0. The van der Waals surface area contributed by atoms with Crippen LogP contribution in [-0.2, 0) is 6.18 Å². The highest BCUT2D eigenvalue weighted by Gasteiger charge is 2.36. The van der Waals surface area contributed by atoms with E-state index in [0.29, 0.717) is 16.8 Å². The third-order valence-corrected chi connectivity index (χ3v) is 4.69. The van der Waals surface area contributed by atoms with Gasteiger partial charge in [-0.05, 0) is 35.9 Å². The molecule has 0 fully saturated rings. The van der Waals surface area contributed by atoms with Crippen molar-refractivity contribution in [2.75, 3.05) is 5.32 Å². The van der Waals surface area contributed by atoms with E-state index in [2.05, 4.69) is 20.3 Å². The number of carbonyl (C=O) groups excluding carboxylic acids is 1. The summed E-state index contributed by atoms with van der Waals surface area (Å²) in [6.07, 6.45) is -0.106. The summed E-state index contributed by atoms with van der Waals surface area (Å²) >= 11 is 0. The van der Waals surface area contributed by atoms with Crippen molar-refractivity contribution in [1.29, 1.82) is 0 Å². The Kier molecular flexibility index (Phi) is 6.93. The molecule has 4 rings (SSSR count). The number of pyridine rings is 1. The second kappa shape index (κ2) is 9.66. The van der Waals surface area contributed by atoms with E-state index in [0.717, 1.165) is 12.1 Å². The molecule has 10 heteroatoms. The fourth-order valence-electron chi connectivity index (χ4n) is 3.28. The maximum absolute atomic E-state index is 13.9. The maximum atomic E-state index is 13.9. The first kappa shape index (κ1) is 23.7. The lowest BCUT2D eigenvalue weighted by molar-refractivity contribution is -0.136. The van der Waals surface area contributed by atoms with Crippen LogP contribution in [0, 0.1) is 0 Å². The number of alkyl halides is 3. The summed E-state index contributed by atoms with van der Waals surface area (Å²) in [5.41, 5.74) is 5.64. The molecule has 2 aromatic carbocycles. The Morgan fingerprint density at radius 3 is 2.27 bits per heavy atom. The molecule has 6 nitrogen and oxygen atoms in total. The van der Waals surface area contributed by atoms with Crippen molar-refractivity contribution in [2.24, 2.45) is 5.73 Å². The van der Waals surface area contributed by atoms with E-state index in [4.69, 9.17) is 5.73 Å². The molecule has 0 unspecified atom stereocenters. The number of benzene rings is 2. The van der Waals surface area contributed by atoms with Gasteiger partial charge in [0.15, 0.2) is 0 Å². The number of rotatable bonds is 5. The minimum Gasteiger partial charge on any atom is -0.366 e. The van der Waals surface area contributed by atoms with Gasteiger partial charge in [0.1, 0.15) is 0 Å². The average Bonchev–Trinajstić information content (AvgIpc) is 2.79. The molecule has 2 aromatic heterocycles. The second-order valence-electron chi connectivity index (χ2n) is 6.77. The van der Waals surface area contributed by atoms with Gasteiger partial charge in [-0.3, -0.25) is 9.78 Å². The molecule has 0 radical (unpaired) electrons. The number of carbonyl (C=O) groups is 1. The summed E-state index contributed by atoms with van der Waals surface area (Å²) in [5.74, 6) is -0.929. The second-order valence-corrected chi connectivity index (χ2v) is 6.77. The van der Waals surface area contributed by atoms with E-state index in [1.807, 2.05) is 0 Å². The van der Waals surface area contributed by atoms with E-state index >= 15 is 0 Å². The van der Waals surface area contributed by atoms with Crippen LogP contribution in [0.1, 0.15) is 15.9 Å². The molecule has 0 aliphatic rings. The molecule has 4 aromatic rings. The fourth-order valence-corrected chi connectivity index (χ4v) is 3.28. The van der Waals surface area contributed by atoms with E-state index < -0.39 is 17.6 Å². The number of nitrogens with one attached hydrogen (secondary N) is 1. The highest BCUT2D eigenvalue weighted by atomic mass is 35.5. The monoisotopic (exact) mass is 471 g/mol. The lowest BCUT2D eigenvalue weighted by Gasteiger charge is -2.20. The first-order valence-electron chi connectivity index (χ1n) is 9.44. The summed E-state index contributed by atoms with van der Waals surface area (Å²) < 4.78 is 41.8. The normalized spacial score (nSPS) is 10.9. The maximum Gasteiger partial charge on any atom is 0.418 e. The average molecular weight is 472 g/mol. The van der Waals surface area contributed by atoms with Crippen LogP contribution in [0.15, 0.2) is 79.3 Å². The van der Waals surface area contributed by atoms with Crippen molar-refractivity contribution in [1.82, 2.24) is 15.0 Å². The highest BCUT2D eigenvalue weighted by molar-refractivity contribution is 6.04. The number of amides is 1. The predicted molar refractivity (Wildman–Crippen MR) is 121 cm³/mol. The van der Waals surface area contributed by atoms with Crippen LogP contribution in [-0.4, -0.2) is 20.9 Å². The van der Waals surface area contributed by atoms with Crippen LogP contribution >= 0.6 is 12.4 Å². The van der Waals surface area contributed by atoms with Crippen LogP contribution < -0.4 is 11.1 Å². The van der Waals surface area contributed by atoms with Gasteiger partial charge >= 0.3 is 6.18 Å². The molecule has 0 bridgehead atoms. The van der Waals surface area contributed by atoms with Gasteiger partial charge in [-0.2, -0.15) is 13.2 Å². The quantitative estimate of drug-likeness (QED) is 0.401. The number of halogens is 4. The largest absolute Gasteiger partial charge is 0.418 e. The van der Waals surface area contributed by atoms with Gasteiger partial charge in [0.2, 0.25) is 11.9 Å². The number of anilines is 2. The topological polar surface area (TPSA) is 93.8 Å². The van der Waals surface area contributed by atoms with Gasteiger partial charge in [0, 0.05) is 35.3 Å². The van der Waals surface area contributed by atoms with Crippen LogP contribution in [0.3, 0.4) is 0 Å². The Morgan fingerprint density at radius 2 is 1.64 bits per heavy atom. The summed E-state index contributed by atoms with van der Waals surface area (Å²) in [6.45, 7) is 0. The Morgan fingerprint density at radius 1 is 0.909 bits per heavy atom. The molecule has 1 amide bonds. The van der Waals surface area contributed by atoms with E-state index in [1.165, 1.54) is 6.20 Å². The van der Waals surface area contributed by atoms with Gasteiger partial charge in [0.25, 0.3) is 0 Å². The van der Waals surface area contributed by atoms with Crippen LogP contribution in [0.25, 0.3) is 22.4 Å². The van der Waals surface area contributed by atoms with Gasteiger partial charge in [-0.1, -0.05) is 30.3 Å². The predicted octanol–water partition coefficient (Wildman–Crippen LogP) is 5.49. The molecule has 0 saturated heterocycles. The summed E-state index contributed by atoms with van der Waals surface area (Å²) in [6, 6.07) is 15.2. The third-order valence-electron chi connectivity index (χ3n) is 4.69. The van der Waals surface area contributed by atoms with Crippen molar-refractivity contribution in [3.05, 3.63) is 90.4 Å². The van der Waals surface area contributed by atoms with Crippen molar-refractivity contribution in [3.8, 4) is 22.4 Å². The molecule has 0 atom stereocenters. The highest BCUT2D eigenvalue weighted by Crippen LogP contribution is 2.43.